The van der Waals surface area contributed by atoms with Crippen LogP contribution in [0.4, 0.5) is 5.82 Å². The van der Waals surface area contributed by atoms with E-state index in [0.717, 1.165) is 4.90 Å². The molecule has 0 bridgehead atoms. The summed E-state index contributed by atoms with van der Waals surface area (Å²) in [5.74, 6) is 5.85. The normalized spacial score (nSPS) is 9.40. The summed E-state index contributed by atoms with van der Waals surface area (Å²) in [6.07, 6.45) is 3.73. The molecule has 1 rings (SSSR count). The first-order valence-electron chi connectivity index (χ1n) is 2.83. The number of hydrazine groups is 1. The minimum atomic E-state index is 0.701. The Morgan fingerprint density at radius 2 is 2.50 bits per heavy atom. The van der Waals surface area contributed by atoms with Crippen molar-refractivity contribution in [3.8, 4) is 0 Å². The third-order valence-corrected chi connectivity index (χ3v) is 1.84. The Balaban J connectivity index is 2.87. The highest BCUT2D eigenvalue weighted by atomic mass is 32.2. The Morgan fingerprint density at radius 1 is 1.70 bits per heavy atom. The molecule has 0 atom stereocenters. The number of anilines is 1. The molecular formula is C6H9N3S. The molecule has 0 saturated carbocycles. The second-order valence-electron chi connectivity index (χ2n) is 1.73. The standard InChI is InChI=1S/C6H9N3S/c1-10-5-2-3-8-6(4-5)9-7/h2-4H,7H2,1H3,(H,8,9). The topological polar surface area (TPSA) is 50.9 Å². The first-order valence-corrected chi connectivity index (χ1v) is 4.06. The number of nitrogens with zero attached hydrogens (tertiary/aromatic N) is 1. The van der Waals surface area contributed by atoms with Gasteiger partial charge in [-0.15, -0.1) is 11.8 Å². The van der Waals surface area contributed by atoms with Crippen LogP contribution in [0.25, 0.3) is 0 Å². The van der Waals surface area contributed by atoms with Crippen molar-refractivity contribution >= 4 is 17.6 Å². The zero-order valence-corrected chi connectivity index (χ0v) is 6.48. The van der Waals surface area contributed by atoms with Crippen molar-refractivity contribution in [3.63, 3.8) is 0 Å². The zero-order valence-electron chi connectivity index (χ0n) is 5.66. The molecule has 4 heteroatoms. The maximum Gasteiger partial charge on any atom is 0.140 e. The van der Waals surface area contributed by atoms with Crippen molar-refractivity contribution < 1.29 is 0 Å². The lowest BCUT2D eigenvalue weighted by Crippen LogP contribution is -2.07. The zero-order chi connectivity index (χ0) is 7.40. The van der Waals surface area contributed by atoms with E-state index in [0.29, 0.717) is 5.82 Å². The van der Waals surface area contributed by atoms with Crippen LogP contribution in [0.5, 0.6) is 0 Å². The molecule has 1 aromatic heterocycles. The number of pyridine rings is 1. The predicted octanol–water partition coefficient (Wildman–Crippen LogP) is 1.09. The fourth-order valence-corrected chi connectivity index (χ4v) is 1.04. The number of rotatable bonds is 2. The van der Waals surface area contributed by atoms with E-state index in [9.17, 15) is 0 Å². The number of nitrogen functional groups attached to an aromatic ring is 1. The molecule has 3 N–H and O–H groups in total. The Kier molecular flexibility index (Phi) is 2.53. The molecule has 0 radical (unpaired) electrons. The van der Waals surface area contributed by atoms with Crippen molar-refractivity contribution in [2.45, 2.75) is 4.90 Å². The SMILES string of the molecule is CSc1ccnc(NN)c1. The fourth-order valence-electron chi connectivity index (χ4n) is 0.617. The van der Waals surface area contributed by atoms with E-state index in [1.54, 1.807) is 18.0 Å². The molecule has 0 aromatic carbocycles. The molecule has 3 nitrogen and oxygen atoms in total. The lowest BCUT2D eigenvalue weighted by molar-refractivity contribution is 1.19. The van der Waals surface area contributed by atoms with Crippen molar-refractivity contribution in [3.05, 3.63) is 18.3 Å². The van der Waals surface area contributed by atoms with Crippen LogP contribution in [0.3, 0.4) is 0 Å². The highest BCUT2D eigenvalue weighted by Gasteiger charge is 1.91. The monoisotopic (exact) mass is 155 g/mol. The second-order valence-corrected chi connectivity index (χ2v) is 2.60. The Labute approximate surface area is 64.0 Å². The van der Waals surface area contributed by atoms with Gasteiger partial charge in [0.15, 0.2) is 0 Å². The average molecular weight is 155 g/mol. The molecule has 1 heterocycles. The van der Waals surface area contributed by atoms with Crippen molar-refractivity contribution in [1.29, 1.82) is 0 Å². The summed E-state index contributed by atoms with van der Waals surface area (Å²) in [5, 5.41) is 0. The summed E-state index contributed by atoms with van der Waals surface area (Å²) in [6.45, 7) is 0. The molecular weight excluding hydrogens is 146 g/mol. The molecule has 1 aromatic rings. The van der Waals surface area contributed by atoms with Crippen LogP contribution >= 0.6 is 11.8 Å². The average Bonchev–Trinajstić information content (AvgIpc) is 2.05. The third kappa shape index (κ3) is 1.62. The van der Waals surface area contributed by atoms with E-state index in [4.69, 9.17) is 5.84 Å². The Morgan fingerprint density at radius 3 is 3.10 bits per heavy atom. The molecule has 54 valence electrons. The van der Waals surface area contributed by atoms with Crippen LogP contribution in [0.1, 0.15) is 0 Å². The fraction of sp³-hybridized carbons (Fsp3) is 0.167. The van der Waals surface area contributed by atoms with Gasteiger partial charge in [-0.25, -0.2) is 10.8 Å². The number of thioether (sulfide) groups is 1. The summed E-state index contributed by atoms with van der Waals surface area (Å²) in [5.41, 5.74) is 2.48. The predicted molar refractivity (Wildman–Crippen MR) is 43.8 cm³/mol. The van der Waals surface area contributed by atoms with Gasteiger partial charge in [-0.05, 0) is 18.4 Å². The Hall–Kier alpha value is -0.740. The number of nitrogens with one attached hydrogen (secondary N) is 1. The molecule has 0 fully saturated rings. The van der Waals surface area contributed by atoms with E-state index in [-0.39, 0.29) is 0 Å². The van der Waals surface area contributed by atoms with Crippen molar-refractivity contribution in [2.24, 2.45) is 5.84 Å². The summed E-state index contributed by atoms with van der Waals surface area (Å²) in [6, 6.07) is 3.83. The van der Waals surface area contributed by atoms with Crippen LogP contribution in [0.15, 0.2) is 23.2 Å². The van der Waals surface area contributed by atoms with Gasteiger partial charge < -0.3 is 5.43 Å². The van der Waals surface area contributed by atoms with Crippen LogP contribution in [-0.2, 0) is 0 Å². The first kappa shape index (κ1) is 7.37. The third-order valence-electron chi connectivity index (χ3n) is 1.11. The highest BCUT2D eigenvalue weighted by Crippen LogP contribution is 2.15. The summed E-state index contributed by atoms with van der Waals surface area (Å²) >= 11 is 1.66. The van der Waals surface area contributed by atoms with Gasteiger partial charge in [0.05, 0.1) is 0 Å². The van der Waals surface area contributed by atoms with Crippen LogP contribution in [0, 0.1) is 0 Å². The molecule has 0 aliphatic carbocycles. The number of nitrogens with two attached hydrogens (primary N) is 1. The second kappa shape index (κ2) is 3.43. The molecule has 0 spiro atoms. The minimum absolute atomic E-state index is 0.701. The molecule has 0 aliphatic rings. The summed E-state index contributed by atoms with van der Waals surface area (Å²) < 4.78 is 0. The van der Waals surface area contributed by atoms with Crippen molar-refractivity contribution in [2.75, 3.05) is 11.7 Å². The van der Waals surface area contributed by atoms with Gasteiger partial charge >= 0.3 is 0 Å². The van der Waals surface area contributed by atoms with E-state index >= 15 is 0 Å². The molecule has 0 unspecified atom stereocenters. The first-order chi connectivity index (χ1) is 4.86. The van der Waals surface area contributed by atoms with Crippen LogP contribution < -0.4 is 11.3 Å². The van der Waals surface area contributed by atoms with E-state index in [2.05, 4.69) is 10.4 Å². The van der Waals surface area contributed by atoms with Gasteiger partial charge in [-0.1, -0.05) is 0 Å². The molecule has 0 saturated heterocycles. The van der Waals surface area contributed by atoms with Gasteiger partial charge in [0, 0.05) is 11.1 Å². The molecule has 0 aliphatic heterocycles. The lowest BCUT2D eigenvalue weighted by Gasteiger charge is -1.98. The minimum Gasteiger partial charge on any atom is -0.308 e. The van der Waals surface area contributed by atoms with Gasteiger partial charge in [-0.3, -0.25) is 0 Å². The lowest BCUT2D eigenvalue weighted by atomic mass is 10.5. The number of aromatic nitrogens is 1. The number of hydrogen-bond donors (Lipinski definition) is 2. The maximum absolute atomic E-state index is 5.15. The van der Waals surface area contributed by atoms with E-state index in [1.807, 2.05) is 18.4 Å². The summed E-state index contributed by atoms with van der Waals surface area (Å²) in [4.78, 5) is 5.11. The highest BCUT2D eigenvalue weighted by molar-refractivity contribution is 7.98. The molecule has 10 heavy (non-hydrogen) atoms. The smallest absolute Gasteiger partial charge is 0.140 e. The van der Waals surface area contributed by atoms with E-state index in [1.165, 1.54) is 0 Å². The quantitative estimate of drug-likeness (QED) is 0.381. The van der Waals surface area contributed by atoms with Crippen LogP contribution in [0.2, 0.25) is 0 Å². The largest absolute Gasteiger partial charge is 0.308 e. The Bertz CT molecular complexity index is 195. The molecule has 0 amide bonds. The van der Waals surface area contributed by atoms with Gasteiger partial charge in [0.25, 0.3) is 0 Å². The summed E-state index contributed by atoms with van der Waals surface area (Å²) in [7, 11) is 0. The van der Waals surface area contributed by atoms with Gasteiger partial charge in [-0.2, -0.15) is 0 Å². The van der Waals surface area contributed by atoms with Crippen LogP contribution in [-0.4, -0.2) is 11.2 Å². The van der Waals surface area contributed by atoms with Crippen molar-refractivity contribution in [1.82, 2.24) is 4.98 Å². The van der Waals surface area contributed by atoms with Gasteiger partial charge in [0.2, 0.25) is 0 Å². The van der Waals surface area contributed by atoms with Gasteiger partial charge in [0.1, 0.15) is 5.82 Å². The number of hydrogen-bond acceptors (Lipinski definition) is 4. The van der Waals surface area contributed by atoms with E-state index < -0.39 is 0 Å². The maximum atomic E-state index is 5.15.